The molecule has 0 atom stereocenters. The van der Waals surface area contributed by atoms with Crippen molar-refractivity contribution in [1.29, 1.82) is 0 Å². The number of nitro benzene ring substituents is 1. The summed E-state index contributed by atoms with van der Waals surface area (Å²) in [6, 6.07) is 5.04. The molecule has 136 valence electrons. The van der Waals surface area contributed by atoms with Gasteiger partial charge in [-0.15, -0.1) is 12.4 Å². The number of nitrogens with zero attached hydrogens (tertiary/aromatic N) is 1. The Labute approximate surface area is 147 Å². The van der Waals surface area contributed by atoms with Crippen LogP contribution in [0.3, 0.4) is 0 Å². The highest BCUT2D eigenvalue weighted by molar-refractivity contribution is 7.89. The first-order valence-corrected chi connectivity index (χ1v) is 8.81. The van der Waals surface area contributed by atoms with E-state index >= 15 is 0 Å². The van der Waals surface area contributed by atoms with Crippen LogP contribution in [0, 0.1) is 15.5 Å². The minimum atomic E-state index is -3.80. The Morgan fingerprint density at radius 1 is 1.38 bits per heavy atom. The monoisotopic (exact) mass is 379 g/mol. The van der Waals surface area contributed by atoms with Crippen LogP contribution in [-0.4, -0.2) is 46.7 Å². The number of hydrogen-bond donors (Lipinski definition) is 2. The topological polar surface area (TPSA) is 111 Å². The van der Waals surface area contributed by atoms with Crippen molar-refractivity contribution in [2.75, 3.05) is 33.4 Å². The molecular formula is C14H22ClN3O5S. The molecule has 2 N–H and O–H groups in total. The summed E-state index contributed by atoms with van der Waals surface area (Å²) in [6.07, 6.45) is 1.61. The number of sulfonamides is 1. The molecule has 8 nitrogen and oxygen atoms in total. The van der Waals surface area contributed by atoms with Crippen molar-refractivity contribution in [3.63, 3.8) is 0 Å². The van der Waals surface area contributed by atoms with Crippen LogP contribution in [0.4, 0.5) is 5.69 Å². The standard InChI is InChI=1S/C14H21N3O5S.ClH/c1-22-11-14(5-7-15-8-6-14)10-16-23(20,21)13-4-2-3-12(9-13)17(18)19;/h2-4,9,15-16H,5-8,10-11H2,1H3;1H. The fourth-order valence-electron chi connectivity index (χ4n) is 2.73. The van der Waals surface area contributed by atoms with Crippen molar-refractivity contribution < 1.29 is 18.1 Å². The molecule has 0 spiro atoms. The van der Waals surface area contributed by atoms with Gasteiger partial charge in [-0.2, -0.15) is 0 Å². The van der Waals surface area contributed by atoms with Crippen molar-refractivity contribution in [2.24, 2.45) is 5.41 Å². The molecular weight excluding hydrogens is 358 g/mol. The van der Waals surface area contributed by atoms with Crippen LogP contribution in [0.5, 0.6) is 0 Å². The lowest BCUT2D eigenvalue weighted by molar-refractivity contribution is -0.385. The van der Waals surface area contributed by atoms with Gasteiger partial charge in [0.1, 0.15) is 0 Å². The molecule has 0 amide bonds. The van der Waals surface area contributed by atoms with Crippen LogP contribution >= 0.6 is 12.4 Å². The Balaban J connectivity index is 0.00000288. The van der Waals surface area contributed by atoms with Crippen molar-refractivity contribution >= 4 is 28.1 Å². The third kappa shape index (κ3) is 5.12. The molecule has 1 heterocycles. The third-order valence-electron chi connectivity index (χ3n) is 4.09. The lowest BCUT2D eigenvalue weighted by atomic mass is 9.80. The summed E-state index contributed by atoms with van der Waals surface area (Å²) in [4.78, 5) is 10.1. The van der Waals surface area contributed by atoms with Gasteiger partial charge in [0.2, 0.25) is 10.0 Å². The fraction of sp³-hybridized carbons (Fsp3) is 0.571. The van der Waals surface area contributed by atoms with E-state index in [0.717, 1.165) is 32.0 Å². The van der Waals surface area contributed by atoms with Crippen molar-refractivity contribution in [2.45, 2.75) is 17.7 Å². The van der Waals surface area contributed by atoms with Crippen molar-refractivity contribution in [3.8, 4) is 0 Å². The molecule has 1 aliphatic rings. The van der Waals surface area contributed by atoms with Crippen molar-refractivity contribution in [1.82, 2.24) is 10.0 Å². The van der Waals surface area contributed by atoms with Crippen LogP contribution in [0.25, 0.3) is 0 Å². The van der Waals surface area contributed by atoms with E-state index in [1.54, 1.807) is 7.11 Å². The maximum Gasteiger partial charge on any atom is 0.270 e. The molecule has 0 aromatic heterocycles. The lowest BCUT2D eigenvalue weighted by Crippen LogP contribution is -2.47. The molecule has 1 aromatic rings. The van der Waals surface area contributed by atoms with Crippen molar-refractivity contribution in [3.05, 3.63) is 34.4 Å². The number of non-ortho nitro benzene ring substituents is 1. The molecule has 0 bridgehead atoms. The summed E-state index contributed by atoms with van der Waals surface area (Å²) in [5.41, 5.74) is -0.505. The van der Waals surface area contributed by atoms with Gasteiger partial charge in [0.25, 0.3) is 5.69 Å². The minimum absolute atomic E-state index is 0. The van der Waals surface area contributed by atoms with E-state index in [1.807, 2.05) is 0 Å². The molecule has 10 heteroatoms. The SMILES string of the molecule is COCC1(CNS(=O)(=O)c2cccc([N+](=O)[O-])c2)CCNCC1.Cl. The van der Waals surface area contributed by atoms with E-state index in [0.29, 0.717) is 6.61 Å². The number of methoxy groups -OCH3 is 1. The summed E-state index contributed by atoms with van der Waals surface area (Å²) in [5.74, 6) is 0. The Kier molecular flexibility index (Phi) is 7.56. The number of nitrogens with one attached hydrogen (secondary N) is 2. The first-order valence-electron chi connectivity index (χ1n) is 7.32. The summed E-state index contributed by atoms with van der Waals surface area (Å²) in [7, 11) is -2.21. The highest BCUT2D eigenvalue weighted by Gasteiger charge is 2.33. The van der Waals surface area contributed by atoms with Crippen LogP contribution < -0.4 is 10.0 Å². The van der Waals surface area contributed by atoms with E-state index in [1.165, 1.54) is 18.2 Å². The Morgan fingerprint density at radius 3 is 2.62 bits per heavy atom. The van der Waals surface area contributed by atoms with Crippen LogP contribution in [0.15, 0.2) is 29.2 Å². The van der Waals surface area contributed by atoms with Gasteiger partial charge in [-0.3, -0.25) is 10.1 Å². The predicted octanol–water partition coefficient (Wildman–Crippen LogP) is 1.31. The molecule has 1 saturated heterocycles. The molecule has 1 fully saturated rings. The zero-order chi connectivity index (χ0) is 16.9. The smallest absolute Gasteiger partial charge is 0.270 e. The number of benzene rings is 1. The van der Waals surface area contributed by atoms with E-state index in [9.17, 15) is 18.5 Å². The molecule has 24 heavy (non-hydrogen) atoms. The van der Waals surface area contributed by atoms with Crippen LogP contribution in [0.1, 0.15) is 12.8 Å². The van der Waals surface area contributed by atoms with Gasteiger partial charge in [-0.25, -0.2) is 13.1 Å². The number of ether oxygens (including phenoxy) is 1. The van der Waals surface area contributed by atoms with E-state index in [4.69, 9.17) is 4.74 Å². The summed E-state index contributed by atoms with van der Waals surface area (Å²) >= 11 is 0. The quantitative estimate of drug-likeness (QED) is 0.546. The summed E-state index contributed by atoms with van der Waals surface area (Å²) in [5, 5.41) is 14.0. The number of hydrogen-bond acceptors (Lipinski definition) is 6. The number of piperidine rings is 1. The molecule has 0 aliphatic carbocycles. The number of halogens is 1. The molecule has 1 aromatic carbocycles. The lowest BCUT2D eigenvalue weighted by Gasteiger charge is -2.37. The summed E-state index contributed by atoms with van der Waals surface area (Å²) in [6.45, 7) is 2.32. The second kappa shape index (κ2) is 8.72. The van der Waals surface area contributed by atoms with Gasteiger partial charge in [-0.1, -0.05) is 6.07 Å². The molecule has 0 unspecified atom stereocenters. The largest absolute Gasteiger partial charge is 0.384 e. The highest BCUT2D eigenvalue weighted by Crippen LogP contribution is 2.29. The van der Waals surface area contributed by atoms with Gasteiger partial charge < -0.3 is 10.1 Å². The molecule has 2 rings (SSSR count). The summed E-state index contributed by atoms with van der Waals surface area (Å²) < 4.78 is 32.6. The number of nitro groups is 1. The second-order valence-electron chi connectivity index (χ2n) is 5.76. The average molecular weight is 380 g/mol. The Bertz CT molecular complexity index is 657. The normalized spacial score (nSPS) is 17.0. The van der Waals surface area contributed by atoms with Gasteiger partial charge >= 0.3 is 0 Å². The fourth-order valence-corrected chi connectivity index (χ4v) is 3.93. The van der Waals surface area contributed by atoms with Gasteiger partial charge in [0.15, 0.2) is 0 Å². The maximum atomic E-state index is 12.4. The molecule has 0 radical (unpaired) electrons. The minimum Gasteiger partial charge on any atom is -0.384 e. The third-order valence-corrected chi connectivity index (χ3v) is 5.49. The molecule has 1 aliphatic heterocycles. The van der Waals surface area contributed by atoms with Crippen LogP contribution in [-0.2, 0) is 14.8 Å². The Hall–Kier alpha value is -1.26. The van der Waals surface area contributed by atoms with Gasteiger partial charge in [0, 0.05) is 31.2 Å². The zero-order valence-corrected chi connectivity index (χ0v) is 15.0. The zero-order valence-electron chi connectivity index (χ0n) is 13.4. The van der Waals surface area contributed by atoms with E-state index in [2.05, 4.69) is 10.0 Å². The molecule has 0 saturated carbocycles. The second-order valence-corrected chi connectivity index (χ2v) is 7.53. The van der Waals surface area contributed by atoms with Gasteiger partial charge in [-0.05, 0) is 32.0 Å². The van der Waals surface area contributed by atoms with Gasteiger partial charge in [0.05, 0.1) is 16.4 Å². The van der Waals surface area contributed by atoms with E-state index < -0.39 is 14.9 Å². The van der Waals surface area contributed by atoms with E-state index in [-0.39, 0.29) is 34.9 Å². The predicted molar refractivity (Wildman–Crippen MR) is 91.9 cm³/mol. The maximum absolute atomic E-state index is 12.4. The first-order chi connectivity index (χ1) is 10.9. The van der Waals surface area contributed by atoms with Crippen LogP contribution in [0.2, 0.25) is 0 Å². The first kappa shape index (κ1) is 20.8. The average Bonchev–Trinajstić information content (AvgIpc) is 2.54. The Morgan fingerprint density at radius 2 is 2.04 bits per heavy atom. The highest BCUT2D eigenvalue weighted by atomic mass is 35.5. The number of rotatable bonds is 7.